The summed E-state index contributed by atoms with van der Waals surface area (Å²) in [6.45, 7) is 4.95. The van der Waals surface area contributed by atoms with E-state index in [1.54, 1.807) is 0 Å². The molecular formula is C21H27NO3S2. The Kier molecular flexibility index (Phi) is 6.50. The van der Waals surface area contributed by atoms with E-state index in [1.165, 1.54) is 26.6 Å². The molecule has 27 heavy (non-hydrogen) atoms. The molecule has 0 saturated carbocycles. The largest absolute Gasteiger partial charge is 0.340 e. The first-order valence-electron chi connectivity index (χ1n) is 9.58. The van der Waals surface area contributed by atoms with Crippen molar-refractivity contribution >= 4 is 33.3 Å². The molecular weight excluding hydrogens is 378 g/mol. The average molecular weight is 406 g/mol. The van der Waals surface area contributed by atoms with E-state index in [2.05, 4.69) is 43.0 Å². The lowest BCUT2D eigenvalue weighted by molar-refractivity contribution is 0.481. The van der Waals surface area contributed by atoms with Crippen molar-refractivity contribution in [3.63, 3.8) is 0 Å². The zero-order chi connectivity index (χ0) is 19.4. The normalized spacial score (nSPS) is 13.4. The molecule has 2 aromatic carbocycles. The minimum Gasteiger partial charge on any atom is -0.340 e. The predicted molar refractivity (Wildman–Crippen MR) is 113 cm³/mol. The monoisotopic (exact) mass is 405 g/mol. The van der Waals surface area contributed by atoms with Crippen molar-refractivity contribution in [2.75, 3.05) is 17.2 Å². The Hall–Kier alpha value is -1.50. The Labute approximate surface area is 166 Å². The molecule has 0 aliphatic carbocycles. The Balaban J connectivity index is 2.04. The number of fused-ring (bicyclic) bond motifs is 2. The van der Waals surface area contributed by atoms with Gasteiger partial charge in [0, 0.05) is 16.3 Å². The van der Waals surface area contributed by atoms with Gasteiger partial charge in [-0.05, 0) is 48.6 Å². The highest BCUT2D eigenvalue weighted by Crippen LogP contribution is 2.50. The summed E-state index contributed by atoms with van der Waals surface area (Å²) >= 11 is 1.81. The second-order valence-corrected chi connectivity index (χ2v) is 9.59. The highest BCUT2D eigenvalue weighted by molar-refractivity contribution is 7.99. The number of nitrogens with zero attached hydrogens (tertiary/aromatic N) is 1. The quantitative estimate of drug-likeness (QED) is 0.590. The summed E-state index contributed by atoms with van der Waals surface area (Å²) < 4.78 is 31.5. The maximum Gasteiger partial charge on any atom is 0.264 e. The van der Waals surface area contributed by atoms with Gasteiger partial charge in [0.1, 0.15) is 0 Å². The molecule has 0 atom stereocenters. The number of hydrogen-bond donors (Lipinski definition) is 1. The second-order valence-electron chi connectivity index (χ2n) is 6.96. The number of anilines is 2. The highest BCUT2D eigenvalue weighted by Gasteiger charge is 2.26. The summed E-state index contributed by atoms with van der Waals surface area (Å²) in [4.78, 5) is 4.70. The summed E-state index contributed by atoms with van der Waals surface area (Å²) in [5, 5.41) is 0. The van der Waals surface area contributed by atoms with Gasteiger partial charge in [0.2, 0.25) is 0 Å². The molecule has 0 aromatic heterocycles. The Bertz CT molecular complexity index is 910. The van der Waals surface area contributed by atoms with Crippen molar-refractivity contribution in [3.05, 3.63) is 47.5 Å². The SMILES string of the molecule is CCCc1cc(CCC)c2c(c1)N(CCCS(=O)(=O)O)c1ccccc1S2. The third-order valence-electron chi connectivity index (χ3n) is 4.71. The number of rotatable bonds is 8. The summed E-state index contributed by atoms with van der Waals surface area (Å²) in [6.07, 6.45) is 4.64. The molecule has 0 radical (unpaired) electrons. The first kappa shape index (κ1) is 20.2. The van der Waals surface area contributed by atoms with Crippen molar-refractivity contribution < 1.29 is 13.0 Å². The van der Waals surface area contributed by atoms with Crippen molar-refractivity contribution in [2.45, 2.75) is 55.7 Å². The molecule has 1 heterocycles. The molecule has 0 bridgehead atoms. The molecule has 1 aliphatic heterocycles. The van der Waals surface area contributed by atoms with Gasteiger partial charge in [-0.2, -0.15) is 8.42 Å². The van der Waals surface area contributed by atoms with Gasteiger partial charge in [-0.3, -0.25) is 4.55 Å². The minimum absolute atomic E-state index is 0.218. The third-order valence-corrected chi connectivity index (χ3v) is 6.75. The average Bonchev–Trinajstić information content (AvgIpc) is 2.61. The van der Waals surface area contributed by atoms with E-state index in [0.29, 0.717) is 13.0 Å². The van der Waals surface area contributed by atoms with Crippen LogP contribution in [0.3, 0.4) is 0 Å². The second kappa shape index (κ2) is 8.67. The van der Waals surface area contributed by atoms with Gasteiger partial charge in [-0.15, -0.1) is 0 Å². The van der Waals surface area contributed by atoms with Crippen LogP contribution in [0.15, 0.2) is 46.2 Å². The van der Waals surface area contributed by atoms with E-state index >= 15 is 0 Å². The summed E-state index contributed by atoms with van der Waals surface area (Å²) in [5.74, 6) is -0.218. The smallest absolute Gasteiger partial charge is 0.264 e. The Morgan fingerprint density at radius 1 is 1.04 bits per heavy atom. The highest BCUT2D eigenvalue weighted by atomic mass is 32.2. The van der Waals surface area contributed by atoms with Gasteiger partial charge in [0.25, 0.3) is 10.1 Å². The molecule has 4 nitrogen and oxygen atoms in total. The van der Waals surface area contributed by atoms with Crippen LogP contribution in [0.5, 0.6) is 0 Å². The van der Waals surface area contributed by atoms with Crippen molar-refractivity contribution in [1.29, 1.82) is 0 Å². The molecule has 1 aliphatic rings. The van der Waals surface area contributed by atoms with Crippen molar-refractivity contribution in [1.82, 2.24) is 0 Å². The first-order chi connectivity index (χ1) is 12.9. The van der Waals surface area contributed by atoms with Gasteiger partial charge in [-0.1, -0.05) is 56.7 Å². The topological polar surface area (TPSA) is 57.6 Å². The molecule has 0 spiro atoms. The standard InChI is InChI=1S/C21H27NO3S2/c1-3-8-16-14-17(9-4-2)21-19(15-16)22(12-7-13-27(23,24)25)18-10-5-6-11-20(18)26-21/h5-6,10-11,14-15H,3-4,7-9,12-13H2,1-2H3,(H,23,24,25). The molecule has 3 rings (SSSR count). The third kappa shape index (κ3) is 4.86. The Morgan fingerprint density at radius 3 is 2.48 bits per heavy atom. The summed E-state index contributed by atoms with van der Waals surface area (Å²) in [5.41, 5.74) is 4.99. The van der Waals surface area contributed by atoms with Crippen molar-refractivity contribution in [3.8, 4) is 0 Å². The summed E-state index contributed by atoms with van der Waals surface area (Å²) in [6, 6.07) is 12.9. The number of para-hydroxylation sites is 1. The first-order valence-corrected chi connectivity index (χ1v) is 12.0. The number of aryl methyl sites for hydroxylation is 2. The molecule has 0 fully saturated rings. The zero-order valence-electron chi connectivity index (χ0n) is 15.9. The number of hydrogen-bond acceptors (Lipinski definition) is 4. The predicted octanol–water partition coefficient (Wildman–Crippen LogP) is 5.47. The van der Waals surface area contributed by atoms with Gasteiger partial charge < -0.3 is 4.90 Å². The fourth-order valence-electron chi connectivity index (χ4n) is 3.60. The van der Waals surface area contributed by atoms with Crippen LogP contribution in [0.1, 0.15) is 44.2 Å². The van der Waals surface area contributed by atoms with Gasteiger partial charge in [0.05, 0.1) is 17.1 Å². The molecule has 0 saturated heterocycles. The van der Waals surface area contributed by atoms with Gasteiger partial charge in [0.15, 0.2) is 0 Å². The Morgan fingerprint density at radius 2 is 1.78 bits per heavy atom. The zero-order valence-corrected chi connectivity index (χ0v) is 17.6. The van der Waals surface area contributed by atoms with Crippen LogP contribution >= 0.6 is 11.8 Å². The van der Waals surface area contributed by atoms with Crippen LogP contribution in [0.2, 0.25) is 0 Å². The van der Waals surface area contributed by atoms with Crippen LogP contribution in [0.4, 0.5) is 11.4 Å². The van der Waals surface area contributed by atoms with Crippen LogP contribution in [0, 0.1) is 0 Å². The lowest BCUT2D eigenvalue weighted by atomic mass is 10.0. The fourth-order valence-corrected chi connectivity index (χ4v) is 5.30. The van der Waals surface area contributed by atoms with Gasteiger partial charge >= 0.3 is 0 Å². The summed E-state index contributed by atoms with van der Waals surface area (Å²) in [7, 11) is -3.95. The van der Waals surface area contributed by atoms with Crippen LogP contribution in [0.25, 0.3) is 0 Å². The molecule has 1 N–H and O–H groups in total. The number of benzene rings is 2. The maximum atomic E-state index is 11.2. The van der Waals surface area contributed by atoms with E-state index in [0.717, 1.165) is 31.4 Å². The molecule has 6 heteroatoms. The van der Waals surface area contributed by atoms with E-state index in [1.807, 2.05) is 23.9 Å². The van der Waals surface area contributed by atoms with E-state index < -0.39 is 10.1 Å². The van der Waals surface area contributed by atoms with E-state index in [9.17, 15) is 8.42 Å². The molecule has 146 valence electrons. The van der Waals surface area contributed by atoms with E-state index in [4.69, 9.17) is 4.55 Å². The minimum atomic E-state index is -3.95. The fraction of sp³-hybridized carbons (Fsp3) is 0.429. The van der Waals surface area contributed by atoms with Crippen LogP contribution < -0.4 is 4.90 Å². The lowest BCUT2D eigenvalue weighted by Crippen LogP contribution is -2.24. The molecule has 0 unspecified atom stereocenters. The van der Waals surface area contributed by atoms with E-state index in [-0.39, 0.29) is 5.75 Å². The lowest BCUT2D eigenvalue weighted by Gasteiger charge is -2.34. The van der Waals surface area contributed by atoms with Crippen molar-refractivity contribution in [2.24, 2.45) is 0 Å². The molecule has 0 amide bonds. The molecule has 2 aromatic rings. The van der Waals surface area contributed by atoms with Crippen LogP contribution in [-0.2, 0) is 23.0 Å². The van der Waals surface area contributed by atoms with Crippen LogP contribution in [-0.4, -0.2) is 25.3 Å². The maximum absolute atomic E-state index is 11.2. The van der Waals surface area contributed by atoms with Gasteiger partial charge in [-0.25, -0.2) is 0 Å².